The fourth-order valence-electron chi connectivity index (χ4n) is 1.13. The molecular weight excluding hydrogens is 136 g/mol. The second-order valence-corrected chi connectivity index (χ2v) is 3.19. The minimum Gasteiger partial charge on any atom is -0.330 e. The predicted octanol–water partition coefficient (Wildman–Crippen LogP) is 1.63. The third-order valence-corrected chi connectivity index (χ3v) is 1.94. The molecule has 2 nitrogen and oxygen atoms in total. The third-order valence-electron chi connectivity index (χ3n) is 1.94. The topological polar surface area (TPSA) is 52.0 Å². The van der Waals surface area contributed by atoms with Crippen molar-refractivity contribution >= 4 is 0 Å². The number of hydrogen-bond acceptors (Lipinski definition) is 2. The van der Waals surface area contributed by atoms with Gasteiger partial charge in [-0.05, 0) is 25.8 Å². The highest BCUT2D eigenvalue weighted by atomic mass is 14.6. The van der Waals surface area contributed by atoms with Crippen molar-refractivity contribution in [2.45, 2.75) is 51.5 Å². The van der Waals surface area contributed by atoms with Gasteiger partial charge in [0.15, 0.2) is 0 Å². The molecule has 0 aromatic carbocycles. The molecule has 2 heteroatoms. The van der Waals surface area contributed by atoms with Crippen molar-refractivity contribution in [3.63, 3.8) is 0 Å². The maximum atomic E-state index is 5.63. The van der Waals surface area contributed by atoms with Crippen LogP contribution in [0.1, 0.15) is 45.4 Å². The number of hydrogen-bond donors (Lipinski definition) is 2. The Kier molecular flexibility index (Phi) is 7.96. The molecule has 0 amide bonds. The van der Waals surface area contributed by atoms with Crippen LogP contribution in [0, 0.1) is 0 Å². The summed E-state index contributed by atoms with van der Waals surface area (Å²) in [7, 11) is 0. The van der Waals surface area contributed by atoms with Crippen LogP contribution in [0.2, 0.25) is 0 Å². The van der Waals surface area contributed by atoms with Crippen LogP contribution in [-0.2, 0) is 0 Å². The molecule has 0 radical (unpaired) electrons. The van der Waals surface area contributed by atoms with Gasteiger partial charge in [0.25, 0.3) is 0 Å². The Balaban J connectivity index is 0.000000218. The van der Waals surface area contributed by atoms with Crippen LogP contribution in [0.15, 0.2) is 0 Å². The first-order valence-corrected chi connectivity index (χ1v) is 4.77. The van der Waals surface area contributed by atoms with Gasteiger partial charge in [-0.3, -0.25) is 0 Å². The van der Waals surface area contributed by atoms with Crippen LogP contribution in [0.4, 0.5) is 0 Å². The van der Waals surface area contributed by atoms with Gasteiger partial charge in [0.2, 0.25) is 0 Å². The lowest BCUT2D eigenvalue weighted by molar-refractivity contribution is 0.441. The maximum absolute atomic E-state index is 5.63. The summed E-state index contributed by atoms with van der Waals surface area (Å²) in [5.41, 5.74) is 10.7. The van der Waals surface area contributed by atoms with Crippen LogP contribution < -0.4 is 11.5 Å². The first-order chi connectivity index (χ1) is 5.31. The van der Waals surface area contributed by atoms with E-state index in [1.165, 1.54) is 32.1 Å². The second-order valence-electron chi connectivity index (χ2n) is 3.19. The van der Waals surface area contributed by atoms with Crippen molar-refractivity contribution in [3.8, 4) is 0 Å². The summed E-state index contributed by atoms with van der Waals surface area (Å²) in [5.74, 6) is 0. The van der Waals surface area contributed by atoms with E-state index in [0.717, 1.165) is 13.0 Å². The molecule has 0 aliphatic heterocycles. The summed E-state index contributed by atoms with van der Waals surface area (Å²) in [5, 5.41) is 0. The summed E-state index contributed by atoms with van der Waals surface area (Å²) < 4.78 is 0. The molecule has 1 aliphatic rings. The summed E-state index contributed by atoms with van der Waals surface area (Å²) in [6.07, 6.45) is 7.76. The van der Waals surface area contributed by atoms with Gasteiger partial charge in [-0.15, -0.1) is 0 Å². The molecule has 0 atom stereocenters. The van der Waals surface area contributed by atoms with Crippen LogP contribution in [-0.4, -0.2) is 12.6 Å². The highest BCUT2D eigenvalue weighted by Gasteiger charge is 2.06. The molecular formula is C9H22N2. The molecule has 1 aliphatic carbocycles. The quantitative estimate of drug-likeness (QED) is 0.609. The summed E-state index contributed by atoms with van der Waals surface area (Å²) >= 11 is 0. The summed E-state index contributed by atoms with van der Waals surface area (Å²) in [4.78, 5) is 0. The fourth-order valence-corrected chi connectivity index (χ4v) is 1.13. The molecule has 68 valence electrons. The maximum Gasteiger partial charge on any atom is 0.00388 e. The smallest absolute Gasteiger partial charge is 0.00388 e. The van der Waals surface area contributed by atoms with Gasteiger partial charge in [-0.1, -0.05) is 26.2 Å². The normalized spacial score (nSPS) is 18.8. The van der Waals surface area contributed by atoms with E-state index in [1.54, 1.807) is 0 Å². The van der Waals surface area contributed by atoms with Crippen molar-refractivity contribution in [2.24, 2.45) is 11.5 Å². The van der Waals surface area contributed by atoms with Crippen LogP contribution >= 0.6 is 0 Å². The monoisotopic (exact) mass is 158 g/mol. The lowest BCUT2D eigenvalue weighted by Gasteiger charge is -2.15. The standard InChI is InChI=1S/C6H13N.C3H9N/c7-6-4-2-1-3-5-6;1-2-3-4/h6H,1-5,7H2;2-4H2,1H3. The van der Waals surface area contributed by atoms with Gasteiger partial charge in [0, 0.05) is 6.04 Å². The minimum absolute atomic E-state index is 0.536. The van der Waals surface area contributed by atoms with E-state index in [0.29, 0.717) is 6.04 Å². The molecule has 0 aromatic rings. The molecule has 11 heavy (non-hydrogen) atoms. The zero-order chi connectivity index (χ0) is 8.53. The lowest BCUT2D eigenvalue weighted by Crippen LogP contribution is -2.22. The van der Waals surface area contributed by atoms with Crippen molar-refractivity contribution in [1.82, 2.24) is 0 Å². The SMILES string of the molecule is CCCN.NC1CCCCC1. The first-order valence-electron chi connectivity index (χ1n) is 4.77. The van der Waals surface area contributed by atoms with E-state index >= 15 is 0 Å². The number of nitrogens with two attached hydrogens (primary N) is 2. The molecule has 0 spiro atoms. The third kappa shape index (κ3) is 7.82. The highest BCUT2D eigenvalue weighted by molar-refractivity contribution is 4.66. The second kappa shape index (κ2) is 8.02. The number of rotatable bonds is 1. The van der Waals surface area contributed by atoms with Crippen molar-refractivity contribution in [2.75, 3.05) is 6.54 Å². The molecule has 0 saturated heterocycles. The van der Waals surface area contributed by atoms with Gasteiger partial charge < -0.3 is 11.5 Å². The van der Waals surface area contributed by atoms with Crippen LogP contribution in [0.5, 0.6) is 0 Å². The van der Waals surface area contributed by atoms with E-state index < -0.39 is 0 Å². The Morgan fingerprint density at radius 2 is 1.64 bits per heavy atom. The minimum atomic E-state index is 0.536. The molecule has 0 unspecified atom stereocenters. The molecule has 1 saturated carbocycles. The Labute approximate surface area is 70.3 Å². The van der Waals surface area contributed by atoms with E-state index in [9.17, 15) is 0 Å². The Morgan fingerprint density at radius 3 is 1.82 bits per heavy atom. The average Bonchev–Trinajstić information content (AvgIpc) is 2.07. The molecule has 1 rings (SSSR count). The van der Waals surface area contributed by atoms with Crippen molar-refractivity contribution < 1.29 is 0 Å². The van der Waals surface area contributed by atoms with E-state index in [1.807, 2.05) is 0 Å². The molecule has 0 bridgehead atoms. The van der Waals surface area contributed by atoms with Crippen molar-refractivity contribution in [1.29, 1.82) is 0 Å². The first kappa shape index (κ1) is 10.9. The van der Waals surface area contributed by atoms with Crippen LogP contribution in [0.25, 0.3) is 0 Å². The van der Waals surface area contributed by atoms with Gasteiger partial charge in [0.05, 0.1) is 0 Å². The van der Waals surface area contributed by atoms with E-state index in [2.05, 4.69) is 6.92 Å². The van der Waals surface area contributed by atoms with Gasteiger partial charge >= 0.3 is 0 Å². The summed E-state index contributed by atoms with van der Waals surface area (Å²) in [6.45, 7) is 2.88. The molecule has 4 N–H and O–H groups in total. The van der Waals surface area contributed by atoms with Gasteiger partial charge in [-0.2, -0.15) is 0 Å². The Bertz CT molecular complexity index is 66.0. The Hall–Kier alpha value is -0.0800. The van der Waals surface area contributed by atoms with E-state index in [-0.39, 0.29) is 0 Å². The van der Waals surface area contributed by atoms with Gasteiger partial charge in [0.1, 0.15) is 0 Å². The van der Waals surface area contributed by atoms with E-state index in [4.69, 9.17) is 11.5 Å². The molecule has 0 heterocycles. The molecule has 0 aromatic heterocycles. The lowest BCUT2D eigenvalue weighted by atomic mass is 9.97. The summed E-state index contributed by atoms with van der Waals surface area (Å²) in [6, 6.07) is 0.536. The zero-order valence-electron chi connectivity index (χ0n) is 7.68. The molecule has 1 fully saturated rings. The predicted molar refractivity (Wildman–Crippen MR) is 50.4 cm³/mol. The zero-order valence-corrected chi connectivity index (χ0v) is 7.68. The van der Waals surface area contributed by atoms with Crippen LogP contribution in [0.3, 0.4) is 0 Å². The fraction of sp³-hybridized carbons (Fsp3) is 1.00. The largest absolute Gasteiger partial charge is 0.330 e. The Morgan fingerprint density at radius 1 is 1.18 bits per heavy atom. The average molecular weight is 158 g/mol. The van der Waals surface area contributed by atoms with Gasteiger partial charge in [-0.25, -0.2) is 0 Å². The highest BCUT2D eigenvalue weighted by Crippen LogP contribution is 2.14. The van der Waals surface area contributed by atoms with Crippen molar-refractivity contribution in [3.05, 3.63) is 0 Å².